The number of thiazole rings is 1. The van der Waals surface area contributed by atoms with Crippen molar-refractivity contribution in [3.8, 4) is 11.3 Å². The van der Waals surface area contributed by atoms with Crippen LogP contribution in [0.5, 0.6) is 0 Å². The molecule has 0 saturated carbocycles. The van der Waals surface area contributed by atoms with Crippen LogP contribution in [0.2, 0.25) is 0 Å². The second-order valence-corrected chi connectivity index (χ2v) is 6.33. The predicted molar refractivity (Wildman–Crippen MR) is 87.6 cm³/mol. The minimum Gasteiger partial charge on any atom is -0.378 e. The number of imidazole rings is 1. The number of aromatic nitrogens is 3. The highest BCUT2D eigenvalue weighted by molar-refractivity contribution is 7.11. The molecule has 21 heavy (non-hydrogen) atoms. The zero-order valence-corrected chi connectivity index (χ0v) is 13.2. The van der Waals surface area contributed by atoms with Gasteiger partial charge in [-0.25, -0.2) is 9.97 Å². The molecular weight excluding hydrogens is 280 g/mol. The average molecular weight is 298 g/mol. The molecule has 1 aromatic carbocycles. The fraction of sp³-hybridized carbons (Fsp3) is 0.250. The molecule has 1 atom stereocenters. The summed E-state index contributed by atoms with van der Waals surface area (Å²) in [5.74, 6) is 0. The zero-order chi connectivity index (χ0) is 14.8. The minimum absolute atomic E-state index is 0.259. The van der Waals surface area contributed by atoms with Crippen LogP contribution < -0.4 is 5.32 Å². The third-order valence-corrected chi connectivity index (χ3v) is 4.67. The largest absolute Gasteiger partial charge is 0.378 e. The van der Waals surface area contributed by atoms with E-state index >= 15 is 0 Å². The summed E-state index contributed by atoms with van der Waals surface area (Å²) >= 11 is 1.76. The number of benzene rings is 1. The van der Waals surface area contributed by atoms with Gasteiger partial charge in [0.25, 0.3) is 0 Å². The van der Waals surface area contributed by atoms with Gasteiger partial charge >= 0.3 is 0 Å². The summed E-state index contributed by atoms with van der Waals surface area (Å²) in [6.07, 6.45) is 3.52. The van der Waals surface area contributed by atoms with Gasteiger partial charge in [-0.1, -0.05) is 12.1 Å². The number of anilines is 1. The highest BCUT2D eigenvalue weighted by atomic mass is 32.1. The Morgan fingerprint density at radius 1 is 1.19 bits per heavy atom. The molecule has 2 heterocycles. The Labute approximate surface area is 128 Å². The molecule has 5 heteroatoms. The van der Waals surface area contributed by atoms with E-state index < -0.39 is 0 Å². The van der Waals surface area contributed by atoms with E-state index in [4.69, 9.17) is 0 Å². The fourth-order valence-corrected chi connectivity index (χ4v) is 3.35. The summed E-state index contributed by atoms with van der Waals surface area (Å²) < 4.78 is 0. The van der Waals surface area contributed by atoms with Crippen molar-refractivity contribution in [3.05, 3.63) is 52.4 Å². The van der Waals surface area contributed by atoms with Gasteiger partial charge in [0.1, 0.15) is 0 Å². The molecule has 0 aliphatic carbocycles. The van der Waals surface area contributed by atoms with Gasteiger partial charge in [-0.05, 0) is 38.5 Å². The van der Waals surface area contributed by atoms with Crippen molar-refractivity contribution in [2.45, 2.75) is 26.8 Å². The van der Waals surface area contributed by atoms with E-state index in [0.717, 1.165) is 27.6 Å². The summed E-state index contributed by atoms with van der Waals surface area (Å²) in [7, 11) is 0. The normalized spacial score (nSPS) is 12.3. The molecule has 3 rings (SSSR count). The van der Waals surface area contributed by atoms with Crippen LogP contribution in [0.3, 0.4) is 0 Å². The van der Waals surface area contributed by atoms with Crippen molar-refractivity contribution in [2.24, 2.45) is 0 Å². The van der Waals surface area contributed by atoms with Crippen LogP contribution >= 0.6 is 11.3 Å². The number of nitrogens with zero attached hydrogens (tertiary/aromatic N) is 2. The number of hydrogen-bond acceptors (Lipinski definition) is 4. The number of rotatable bonds is 4. The Balaban J connectivity index is 1.74. The molecule has 4 nitrogen and oxygen atoms in total. The van der Waals surface area contributed by atoms with Crippen molar-refractivity contribution in [1.82, 2.24) is 15.0 Å². The lowest BCUT2D eigenvalue weighted by Gasteiger charge is -2.14. The van der Waals surface area contributed by atoms with Gasteiger partial charge in [-0.2, -0.15) is 0 Å². The van der Waals surface area contributed by atoms with Crippen LogP contribution in [0.1, 0.15) is 28.5 Å². The molecule has 2 N–H and O–H groups in total. The Bertz CT molecular complexity index is 713. The van der Waals surface area contributed by atoms with Crippen molar-refractivity contribution in [3.63, 3.8) is 0 Å². The molecule has 0 aliphatic rings. The summed E-state index contributed by atoms with van der Waals surface area (Å²) in [6.45, 7) is 6.29. The molecule has 0 radical (unpaired) electrons. The van der Waals surface area contributed by atoms with E-state index in [1.807, 2.05) is 13.1 Å². The summed E-state index contributed by atoms with van der Waals surface area (Å²) in [5.41, 5.74) is 4.39. The SMILES string of the molecule is Cc1nc(C)c(C(C)Nc2ccc(-c3cnc[nH]3)cc2)s1. The van der Waals surface area contributed by atoms with Crippen molar-refractivity contribution >= 4 is 17.0 Å². The number of nitrogens with one attached hydrogen (secondary N) is 2. The highest BCUT2D eigenvalue weighted by Gasteiger charge is 2.12. The molecule has 0 aliphatic heterocycles. The average Bonchev–Trinajstić information content (AvgIpc) is 3.09. The standard InChI is InChI=1S/C16H18N4S/c1-10-16(21-12(3)19-10)11(2)20-14-6-4-13(5-7-14)15-8-17-9-18-15/h4-9,11,20H,1-3H3,(H,17,18). The Morgan fingerprint density at radius 3 is 2.52 bits per heavy atom. The van der Waals surface area contributed by atoms with Crippen molar-refractivity contribution in [2.75, 3.05) is 5.32 Å². The molecule has 108 valence electrons. The quantitative estimate of drug-likeness (QED) is 0.754. The van der Waals surface area contributed by atoms with Gasteiger partial charge in [0.05, 0.1) is 35.0 Å². The number of aromatic amines is 1. The smallest absolute Gasteiger partial charge is 0.0924 e. The van der Waals surface area contributed by atoms with Gasteiger partial charge in [0.2, 0.25) is 0 Å². The molecule has 0 amide bonds. The maximum absolute atomic E-state index is 4.49. The van der Waals surface area contributed by atoms with Crippen molar-refractivity contribution in [1.29, 1.82) is 0 Å². The van der Waals surface area contributed by atoms with Crippen LogP contribution in [0.4, 0.5) is 5.69 Å². The van der Waals surface area contributed by atoms with Gasteiger partial charge < -0.3 is 10.3 Å². The lowest BCUT2D eigenvalue weighted by molar-refractivity contribution is 0.890. The minimum atomic E-state index is 0.259. The summed E-state index contributed by atoms with van der Waals surface area (Å²) in [6, 6.07) is 8.63. The molecule has 3 aromatic rings. The Kier molecular flexibility index (Phi) is 3.75. The van der Waals surface area contributed by atoms with E-state index in [0.29, 0.717) is 0 Å². The van der Waals surface area contributed by atoms with E-state index in [-0.39, 0.29) is 6.04 Å². The molecule has 0 bridgehead atoms. The molecule has 0 saturated heterocycles. The molecule has 2 aromatic heterocycles. The lowest BCUT2D eigenvalue weighted by Crippen LogP contribution is -2.06. The van der Waals surface area contributed by atoms with Crippen LogP contribution in [0.15, 0.2) is 36.8 Å². The Hall–Kier alpha value is -2.14. The second kappa shape index (κ2) is 5.69. The fourth-order valence-electron chi connectivity index (χ4n) is 2.42. The van der Waals surface area contributed by atoms with Crippen LogP contribution in [0, 0.1) is 13.8 Å². The number of hydrogen-bond donors (Lipinski definition) is 2. The molecular formula is C16H18N4S. The maximum Gasteiger partial charge on any atom is 0.0924 e. The van der Waals surface area contributed by atoms with Gasteiger partial charge in [-0.3, -0.25) is 0 Å². The van der Waals surface area contributed by atoms with Crippen molar-refractivity contribution < 1.29 is 0 Å². The molecule has 0 fully saturated rings. The van der Waals surface area contributed by atoms with Gasteiger partial charge in [-0.15, -0.1) is 11.3 Å². The van der Waals surface area contributed by atoms with E-state index in [2.05, 4.69) is 58.4 Å². The third kappa shape index (κ3) is 2.97. The third-order valence-electron chi connectivity index (χ3n) is 3.41. The highest BCUT2D eigenvalue weighted by Crippen LogP contribution is 2.28. The molecule has 1 unspecified atom stereocenters. The van der Waals surface area contributed by atoms with E-state index in [1.54, 1.807) is 17.7 Å². The van der Waals surface area contributed by atoms with Crippen LogP contribution in [-0.2, 0) is 0 Å². The first-order valence-electron chi connectivity index (χ1n) is 6.93. The topological polar surface area (TPSA) is 53.6 Å². The van der Waals surface area contributed by atoms with E-state index in [1.165, 1.54) is 4.88 Å². The summed E-state index contributed by atoms with van der Waals surface area (Å²) in [4.78, 5) is 12.9. The van der Waals surface area contributed by atoms with Crippen LogP contribution in [-0.4, -0.2) is 15.0 Å². The maximum atomic E-state index is 4.49. The second-order valence-electron chi connectivity index (χ2n) is 5.09. The first-order valence-corrected chi connectivity index (χ1v) is 7.74. The first kappa shape index (κ1) is 13.8. The van der Waals surface area contributed by atoms with Gasteiger partial charge in [0, 0.05) is 10.6 Å². The predicted octanol–water partition coefficient (Wildman–Crippen LogP) is 4.32. The van der Waals surface area contributed by atoms with Crippen LogP contribution in [0.25, 0.3) is 11.3 Å². The zero-order valence-electron chi connectivity index (χ0n) is 12.3. The van der Waals surface area contributed by atoms with E-state index in [9.17, 15) is 0 Å². The number of aryl methyl sites for hydroxylation is 2. The van der Waals surface area contributed by atoms with Gasteiger partial charge in [0.15, 0.2) is 0 Å². The Morgan fingerprint density at radius 2 is 1.95 bits per heavy atom. The molecule has 0 spiro atoms. The summed E-state index contributed by atoms with van der Waals surface area (Å²) in [5, 5.41) is 4.65. The monoisotopic (exact) mass is 298 g/mol. The number of H-pyrrole nitrogens is 1. The lowest BCUT2D eigenvalue weighted by atomic mass is 10.1. The first-order chi connectivity index (χ1) is 10.1.